The average Bonchev–Trinajstić information content (AvgIpc) is 2.88. The van der Waals surface area contributed by atoms with Crippen molar-refractivity contribution < 1.29 is 0 Å². The molecule has 7 heteroatoms. The molecule has 0 aliphatic heterocycles. The van der Waals surface area contributed by atoms with Crippen LogP contribution in [-0.2, 0) is 13.1 Å². The van der Waals surface area contributed by atoms with Gasteiger partial charge in [-0.05, 0) is 21.0 Å². The van der Waals surface area contributed by atoms with Crippen molar-refractivity contribution in [2.75, 3.05) is 27.2 Å². The van der Waals surface area contributed by atoms with Crippen LogP contribution in [0.2, 0.25) is 0 Å². The number of nitrogens with one attached hydrogen (secondary N) is 1. The fourth-order valence-corrected chi connectivity index (χ4v) is 1.97. The summed E-state index contributed by atoms with van der Waals surface area (Å²) in [7, 11) is 4.15. The molecule has 124 valence electrons. The molecule has 1 aromatic heterocycles. The van der Waals surface area contributed by atoms with Gasteiger partial charge in [0.2, 0.25) is 0 Å². The normalized spacial score (nSPS) is 10.2. The molecule has 5 nitrogen and oxygen atoms in total. The number of hydrogen-bond acceptors (Lipinski definition) is 4. The van der Waals surface area contributed by atoms with Gasteiger partial charge in [0.25, 0.3) is 0 Å². The van der Waals surface area contributed by atoms with Crippen molar-refractivity contribution in [2.24, 2.45) is 0 Å². The Labute approximate surface area is 144 Å². The molecule has 0 atom stereocenters. The Morgan fingerprint density at radius 2 is 1.77 bits per heavy atom. The van der Waals surface area contributed by atoms with Gasteiger partial charge in [0.1, 0.15) is 11.4 Å². The van der Waals surface area contributed by atoms with E-state index in [1.807, 2.05) is 18.2 Å². The number of rotatable bonds is 7. The van der Waals surface area contributed by atoms with Crippen LogP contribution in [0.25, 0.3) is 11.3 Å². The van der Waals surface area contributed by atoms with Crippen LogP contribution in [0.1, 0.15) is 12.6 Å². The van der Waals surface area contributed by atoms with Gasteiger partial charge in [-0.2, -0.15) is 15.0 Å². The third kappa shape index (κ3) is 5.93. The van der Waals surface area contributed by atoms with Crippen LogP contribution in [0.3, 0.4) is 0 Å². The first-order chi connectivity index (χ1) is 9.70. The van der Waals surface area contributed by atoms with Crippen LogP contribution in [0.4, 0.5) is 0 Å². The van der Waals surface area contributed by atoms with E-state index in [4.69, 9.17) is 0 Å². The highest BCUT2D eigenvalue weighted by Gasteiger charge is 2.11. The summed E-state index contributed by atoms with van der Waals surface area (Å²) in [6.45, 7) is 5.55. The molecule has 2 aromatic rings. The van der Waals surface area contributed by atoms with Crippen molar-refractivity contribution in [3.8, 4) is 11.3 Å². The summed E-state index contributed by atoms with van der Waals surface area (Å²) < 4.78 is 0. The average molecular weight is 346 g/mol. The second kappa shape index (κ2) is 10.6. The summed E-state index contributed by atoms with van der Waals surface area (Å²) in [6.07, 6.45) is 0. The molecule has 0 bridgehead atoms. The van der Waals surface area contributed by atoms with E-state index in [0.29, 0.717) is 0 Å². The number of aryl methyl sites for hydroxylation is 1. The second-order valence-electron chi connectivity index (χ2n) is 5.03. The SMILES string of the molecule is CCn1nc(CNCCN(C)C)c(-c2ccccc2)n1.Cl.Cl. The fourth-order valence-electron chi connectivity index (χ4n) is 1.97. The number of halogens is 2. The summed E-state index contributed by atoms with van der Waals surface area (Å²) in [5.74, 6) is 0. The van der Waals surface area contributed by atoms with Gasteiger partial charge in [-0.3, -0.25) is 0 Å². The Hall–Kier alpha value is -1.14. The summed E-state index contributed by atoms with van der Waals surface area (Å²) in [5, 5.41) is 12.5. The molecule has 1 N–H and O–H groups in total. The third-order valence-corrected chi connectivity index (χ3v) is 3.08. The number of benzene rings is 1. The first-order valence-electron chi connectivity index (χ1n) is 7.05. The molecule has 0 amide bonds. The van der Waals surface area contributed by atoms with Gasteiger partial charge >= 0.3 is 0 Å². The standard InChI is InChI=1S/C15H23N5.2ClH/c1-4-20-17-14(12-16-10-11-19(2)3)15(18-20)13-8-6-5-7-9-13;;/h5-9,16H,4,10-12H2,1-3H3;2*1H. The van der Waals surface area contributed by atoms with Gasteiger partial charge in [0.15, 0.2) is 0 Å². The molecule has 0 spiro atoms. The van der Waals surface area contributed by atoms with Crippen molar-refractivity contribution in [1.29, 1.82) is 0 Å². The quantitative estimate of drug-likeness (QED) is 0.783. The first kappa shape index (κ1) is 20.9. The highest BCUT2D eigenvalue weighted by atomic mass is 35.5. The van der Waals surface area contributed by atoms with Gasteiger partial charge in [0.05, 0.1) is 6.54 Å². The van der Waals surface area contributed by atoms with Gasteiger partial charge < -0.3 is 10.2 Å². The highest BCUT2D eigenvalue weighted by Crippen LogP contribution is 2.19. The van der Waals surface area contributed by atoms with E-state index >= 15 is 0 Å². The monoisotopic (exact) mass is 345 g/mol. The largest absolute Gasteiger partial charge is 0.310 e. The zero-order valence-corrected chi connectivity index (χ0v) is 15.0. The van der Waals surface area contributed by atoms with E-state index in [1.165, 1.54) is 0 Å². The van der Waals surface area contributed by atoms with E-state index in [2.05, 4.69) is 53.6 Å². The van der Waals surface area contributed by atoms with Crippen LogP contribution in [0.15, 0.2) is 30.3 Å². The summed E-state index contributed by atoms with van der Waals surface area (Å²) in [6, 6.07) is 10.2. The number of aromatic nitrogens is 3. The van der Waals surface area contributed by atoms with Crippen molar-refractivity contribution >= 4 is 24.8 Å². The summed E-state index contributed by atoms with van der Waals surface area (Å²) in [5.41, 5.74) is 3.11. The lowest BCUT2D eigenvalue weighted by molar-refractivity contribution is 0.399. The number of hydrogen-bond donors (Lipinski definition) is 1. The molecule has 22 heavy (non-hydrogen) atoms. The Bertz CT molecular complexity index is 528. The van der Waals surface area contributed by atoms with Crippen LogP contribution in [0, 0.1) is 0 Å². The minimum Gasteiger partial charge on any atom is -0.310 e. The molecule has 0 saturated carbocycles. The van der Waals surface area contributed by atoms with Crippen LogP contribution >= 0.6 is 24.8 Å². The maximum atomic E-state index is 4.57. The van der Waals surface area contributed by atoms with E-state index in [9.17, 15) is 0 Å². The predicted molar refractivity (Wildman–Crippen MR) is 95.9 cm³/mol. The zero-order chi connectivity index (χ0) is 14.4. The molecule has 0 aliphatic rings. The molecule has 2 rings (SSSR count). The topological polar surface area (TPSA) is 46.0 Å². The van der Waals surface area contributed by atoms with Gasteiger partial charge in [0, 0.05) is 25.2 Å². The predicted octanol–water partition coefficient (Wildman–Crippen LogP) is 2.46. The summed E-state index contributed by atoms with van der Waals surface area (Å²) >= 11 is 0. The minimum atomic E-state index is 0. The van der Waals surface area contributed by atoms with Crippen molar-refractivity contribution in [2.45, 2.75) is 20.0 Å². The van der Waals surface area contributed by atoms with E-state index in [-0.39, 0.29) is 24.8 Å². The second-order valence-corrected chi connectivity index (χ2v) is 5.03. The Morgan fingerprint density at radius 1 is 1.09 bits per heavy atom. The Morgan fingerprint density at radius 3 is 2.36 bits per heavy atom. The third-order valence-electron chi connectivity index (χ3n) is 3.08. The molecule has 1 aromatic carbocycles. The van der Waals surface area contributed by atoms with Crippen LogP contribution < -0.4 is 5.32 Å². The number of likely N-dealkylation sites (N-methyl/N-ethyl adjacent to an activating group) is 1. The molecule has 0 saturated heterocycles. The van der Waals surface area contributed by atoms with Crippen molar-refractivity contribution in [3.05, 3.63) is 36.0 Å². The molecule has 0 unspecified atom stereocenters. The van der Waals surface area contributed by atoms with Gasteiger partial charge in [-0.25, -0.2) is 0 Å². The Kier molecular flexibility index (Phi) is 10.0. The first-order valence-corrected chi connectivity index (χ1v) is 7.05. The lowest BCUT2D eigenvalue weighted by Crippen LogP contribution is -2.26. The number of nitrogens with zero attached hydrogens (tertiary/aromatic N) is 4. The maximum absolute atomic E-state index is 4.57. The molecule has 0 radical (unpaired) electrons. The van der Waals surface area contributed by atoms with Crippen LogP contribution in [0.5, 0.6) is 0 Å². The maximum Gasteiger partial charge on any atom is 0.117 e. The zero-order valence-electron chi connectivity index (χ0n) is 13.3. The fraction of sp³-hybridized carbons (Fsp3) is 0.467. The summed E-state index contributed by atoms with van der Waals surface area (Å²) in [4.78, 5) is 3.92. The van der Waals surface area contributed by atoms with Crippen molar-refractivity contribution in [1.82, 2.24) is 25.2 Å². The lowest BCUT2D eigenvalue weighted by Gasteiger charge is -2.09. The van der Waals surface area contributed by atoms with E-state index < -0.39 is 0 Å². The van der Waals surface area contributed by atoms with Crippen molar-refractivity contribution in [3.63, 3.8) is 0 Å². The van der Waals surface area contributed by atoms with E-state index in [1.54, 1.807) is 4.80 Å². The molecule has 0 aliphatic carbocycles. The van der Waals surface area contributed by atoms with Gasteiger partial charge in [-0.1, -0.05) is 30.3 Å². The van der Waals surface area contributed by atoms with Gasteiger partial charge in [-0.15, -0.1) is 24.8 Å². The minimum absolute atomic E-state index is 0. The Balaban J connectivity index is 0.00000220. The van der Waals surface area contributed by atoms with Crippen LogP contribution in [-0.4, -0.2) is 47.1 Å². The highest BCUT2D eigenvalue weighted by molar-refractivity contribution is 5.85. The molecular formula is C15H25Cl2N5. The molecule has 0 fully saturated rings. The molecular weight excluding hydrogens is 321 g/mol. The smallest absolute Gasteiger partial charge is 0.117 e. The lowest BCUT2D eigenvalue weighted by atomic mass is 10.1. The van der Waals surface area contributed by atoms with E-state index in [0.717, 1.165) is 43.1 Å². The molecule has 1 heterocycles.